The van der Waals surface area contributed by atoms with Crippen LogP contribution in [0.5, 0.6) is 5.88 Å². The van der Waals surface area contributed by atoms with Crippen LogP contribution in [0.15, 0.2) is 6.33 Å². The van der Waals surface area contributed by atoms with Crippen molar-refractivity contribution < 1.29 is 9.84 Å². The van der Waals surface area contributed by atoms with Crippen molar-refractivity contribution in [3.63, 3.8) is 0 Å². The van der Waals surface area contributed by atoms with Gasteiger partial charge in [-0.1, -0.05) is 0 Å². The Morgan fingerprint density at radius 1 is 1.28 bits per heavy atom. The molecule has 0 aromatic carbocycles. The molecule has 0 bridgehead atoms. The van der Waals surface area contributed by atoms with Crippen LogP contribution in [0.25, 0.3) is 10.2 Å². The SMILES string of the molecule is [B]N(C)C1CCC(Oc2ncnc3sc4c(c23)C(CCO)CC4)CC1. The number of aliphatic hydroxyl groups excluding tert-OH is 1. The van der Waals surface area contributed by atoms with Crippen molar-refractivity contribution in [2.45, 2.75) is 63.0 Å². The first-order valence-electron chi connectivity index (χ1n) is 9.18. The molecule has 4 rings (SSSR count). The van der Waals surface area contributed by atoms with Gasteiger partial charge in [0.1, 0.15) is 17.3 Å². The minimum atomic E-state index is 0.197. The van der Waals surface area contributed by atoms with Crippen LogP contribution < -0.4 is 4.74 Å². The van der Waals surface area contributed by atoms with Crippen molar-refractivity contribution >= 4 is 29.5 Å². The molecule has 2 aromatic heterocycles. The summed E-state index contributed by atoms with van der Waals surface area (Å²) in [6, 6.07) is 0.449. The van der Waals surface area contributed by atoms with Crippen LogP contribution in [-0.2, 0) is 6.42 Å². The van der Waals surface area contributed by atoms with Gasteiger partial charge in [-0.05, 0) is 69.5 Å². The number of nitrogens with zero attached hydrogens (tertiary/aromatic N) is 3. The van der Waals surface area contributed by atoms with Crippen molar-refractivity contribution in [1.82, 2.24) is 14.8 Å². The molecule has 0 saturated heterocycles. The molecule has 1 unspecified atom stereocenters. The third-order valence-corrected chi connectivity index (χ3v) is 6.84. The fourth-order valence-corrected chi connectivity index (χ4v) is 5.53. The Bertz CT molecular complexity index is 743. The molecule has 0 amide bonds. The molecule has 1 saturated carbocycles. The van der Waals surface area contributed by atoms with Gasteiger partial charge in [-0.25, -0.2) is 9.97 Å². The summed E-state index contributed by atoms with van der Waals surface area (Å²) >= 11 is 1.76. The minimum absolute atomic E-state index is 0.197. The predicted octanol–water partition coefficient (Wildman–Crippen LogP) is 2.81. The normalized spacial score (nSPS) is 26.3. The second kappa shape index (κ2) is 7.21. The molecule has 5 nitrogen and oxygen atoms in total. The second-order valence-electron chi connectivity index (χ2n) is 7.26. The fraction of sp³-hybridized carbons (Fsp3) is 0.667. The molecule has 2 heterocycles. The number of thiophene rings is 1. The lowest BCUT2D eigenvalue weighted by atomic mass is 9.90. The fourth-order valence-electron chi connectivity index (χ4n) is 4.30. The Balaban J connectivity index is 1.58. The summed E-state index contributed by atoms with van der Waals surface area (Å²) in [6.45, 7) is 0.224. The van der Waals surface area contributed by atoms with Gasteiger partial charge in [0.25, 0.3) is 0 Å². The Labute approximate surface area is 153 Å². The summed E-state index contributed by atoms with van der Waals surface area (Å²) in [7, 11) is 7.82. The van der Waals surface area contributed by atoms with Crippen LogP contribution in [-0.4, -0.2) is 53.7 Å². The number of hydrogen-bond acceptors (Lipinski definition) is 6. The Morgan fingerprint density at radius 3 is 2.80 bits per heavy atom. The van der Waals surface area contributed by atoms with Gasteiger partial charge in [0, 0.05) is 11.5 Å². The van der Waals surface area contributed by atoms with E-state index in [1.165, 1.54) is 10.4 Å². The Morgan fingerprint density at radius 2 is 2.08 bits per heavy atom. The van der Waals surface area contributed by atoms with E-state index < -0.39 is 0 Å². The zero-order valence-corrected chi connectivity index (χ0v) is 15.5. The zero-order chi connectivity index (χ0) is 17.4. The maximum atomic E-state index is 9.39. The molecule has 132 valence electrons. The maximum absolute atomic E-state index is 9.39. The third-order valence-electron chi connectivity index (χ3n) is 5.67. The van der Waals surface area contributed by atoms with Crippen LogP contribution in [0.4, 0.5) is 0 Å². The van der Waals surface area contributed by atoms with Gasteiger partial charge in [-0.15, -0.1) is 11.3 Å². The summed E-state index contributed by atoms with van der Waals surface area (Å²) < 4.78 is 6.34. The highest BCUT2D eigenvalue weighted by Crippen LogP contribution is 2.47. The Hall–Kier alpha value is -1.18. The van der Waals surface area contributed by atoms with Crippen LogP contribution >= 0.6 is 11.3 Å². The van der Waals surface area contributed by atoms with E-state index in [4.69, 9.17) is 12.7 Å². The highest BCUT2D eigenvalue weighted by molar-refractivity contribution is 7.19. The second-order valence-corrected chi connectivity index (χ2v) is 8.34. The maximum Gasteiger partial charge on any atom is 0.225 e. The highest BCUT2D eigenvalue weighted by atomic mass is 32.1. The van der Waals surface area contributed by atoms with Gasteiger partial charge in [0.05, 0.1) is 5.39 Å². The van der Waals surface area contributed by atoms with E-state index in [0.29, 0.717) is 12.0 Å². The quantitative estimate of drug-likeness (QED) is 0.834. The van der Waals surface area contributed by atoms with Gasteiger partial charge < -0.3 is 14.7 Å². The average molecular weight is 357 g/mol. The highest BCUT2D eigenvalue weighted by Gasteiger charge is 2.31. The van der Waals surface area contributed by atoms with E-state index in [9.17, 15) is 5.11 Å². The molecule has 2 aliphatic rings. The van der Waals surface area contributed by atoms with Crippen molar-refractivity contribution in [2.24, 2.45) is 0 Å². The molecule has 1 N–H and O–H groups in total. The predicted molar refractivity (Wildman–Crippen MR) is 100 cm³/mol. The van der Waals surface area contributed by atoms with Gasteiger partial charge in [0.2, 0.25) is 5.88 Å². The first kappa shape index (κ1) is 17.2. The molecule has 2 radical (unpaired) electrons. The summed E-state index contributed by atoms with van der Waals surface area (Å²) in [5.41, 5.74) is 1.33. The van der Waals surface area contributed by atoms with Crippen molar-refractivity contribution in [2.75, 3.05) is 13.7 Å². The third kappa shape index (κ3) is 3.29. The molecular formula is C18H24BN3O2S. The molecule has 1 fully saturated rings. The van der Waals surface area contributed by atoms with E-state index >= 15 is 0 Å². The molecule has 2 aromatic rings. The monoisotopic (exact) mass is 357 g/mol. The first-order chi connectivity index (χ1) is 12.2. The minimum Gasteiger partial charge on any atom is -0.474 e. The van der Waals surface area contributed by atoms with Gasteiger partial charge in [-0.2, -0.15) is 0 Å². The van der Waals surface area contributed by atoms with E-state index in [1.54, 1.807) is 17.7 Å². The lowest BCUT2D eigenvalue weighted by Gasteiger charge is -2.33. The summed E-state index contributed by atoms with van der Waals surface area (Å²) in [5, 5.41) is 10.5. The van der Waals surface area contributed by atoms with Crippen LogP contribution in [0.1, 0.15) is 54.9 Å². The molecule has 1 atom stereocenters. The van der Waals surface area contributed by atoms with Crippen LogP contribution in [0.2, 0.25) is 0 Å². The van der Waals surface area contributed by atoms with Gasteiger partial charge in [-0.3, -0.25) is 0 Å². The summed E-state index contributed by atoms with van der Waals surface area (Å²) in [4.78, 5) is 13.2. The standard InChI is InChI=1S/C18H24BN3O2S/c1-22(19)12-3-5-13(6-4-12)24-17-16-15-11(8-9-23)2-7-14(15)25-18(16)21-10-20-17/h10-13,23H,2-9H2,1H3. The zero-order valence-electron chi connectivity index (χ0n) is 14.6. The topological polar surface area (TPSA) is 58.5 Å². The lowest BCUT2D eigenvalue weighted by Crippen LogP contribution is -2.36. The number of aryl methyl sites for hydroxylation is 1. The van der Waals surface area contributed by atoms with Gasteiger partial charge in [0.15, 0.2) is 7.98 Å². The van der Waals surface area contributed by atoms with Crippen molar-refractivity contribution in [3.05, 3.63) is 16.8 Å². The molecule has 0 spiro atoms. The van der Waals surface area contributed by atoms with E-state index in [0.717, 1.165) is 61.0 Å². The lowest BCUT2D eigenvalue weighted by molar-refractivity contribution is 0.123. The number of aromatic nitrogens is 2. The van der Waals surface area contributed by atoms with E-state index in [-0.39, 0.29) is 12.7 Å². The van der Waals surface area contributed by atoms with E-state index in [1.807, 2.05) is 11.9 Å². The molecule has 2 aliphatic carbocycles. The average Bonchev–Trinajstić information content (AvgIpc) is 3.16. The molecular weight excluding hydrogens is 333 g/mol. The molecule has 25 heavy (non-hydrogen) atoms. The Kier molecular flexibility index (Phi) is 4.98. The van der Waals surface area contributed by atoms with Crippen molar-refractivity contribution in [3.8, 4) is 5.88 Å². The van der Waals surface area contributed by atoms with Crippen molar-refractivity contribution in [1.29, 1.82) is 0 Å². The van der Waals surface area contributed by atoms with Crippen LogP contribution in [0.3, 0.4) is 0 Å². The number of hydrogen-bond donors (Lipinski definition) is 1. The largest absolute Gasteiger partial charge is 0.474 e. The van der Waals surface area contributed by atoms with E-state index in [2.05, 4.69) is 9.97 Å². The number of rotatable bonds is 5. The smallest absolute Gasteiger partial charge is 0.225 e. The summed E-state index contributed by atoms with van der Waals surface area (Å²) in [5.74, 6) is 1.14. The molecule has 7 heteroatoms. The number of aliphatic hydroxyl groups is 1. The number of fused-ring (bicyclic) bond motifs is 3. The molecule has 0 aliphatic heterocycles. The van der Waals surface area contributed by atoms with Gasteiger partial charge >= 0.3 is 0 Å². The number of ether oxygens (including phenoxy) is 1. The first-order valence-corrected chi connectivity index (χ1v) is 10.00. The van der Waals surface area contributed by atoms with Crippen LogP contribution in [0, 0.1) is 0 Å². The summed E-state index contributed by atoms with van der Waals surface area (Å²) in [6.07, 6.45) is 8.93.